The third-order valence-electron chi connectivity index (χ3n) is 3.65. The van der Waals surface area contributed by atoms with E-state index in [0.717, 1.165) is 11.4 Å². The average molecular weight is 309 g/mol. The third kappa shape index (κ3) is 2.85. The zero-order chi connectivity index (χ0) is 16.4. The highest BCUT2D eigenvalue weighted by Crippen LogP contribution is 2.18. The van der Waals surface area contributed by atoms with E-state index in [1.165, 1.54) is 23.0 Å². The molecule has 0 spiro atoms. The lowest BCUT2D eigenvalue weighted by Gasteiger charge is -2.09. The van der Waals surface area contributed by atoms with Crippen molar-refractivity contribution in [2.45, 2.75) is 6.92 Å². The SMILES string of the molecule is Cc1c(N=Cc2cccc(F)c2)c(=O)n(C)n1-c1ccccc1. The van der Waals surface area contributed by atoms with E-state index in [2.05, 4.69) is 4.99 Å². The van der Waals surface area contributed by atoms with Crippen molar-refractivity contribution in [2.75, 3.05) is 0 Å². The summed E-state index contributed by atoms with van der Waals surface area (Å²) in [4.78, 5) is 16.7. The first-order chi connectivity index (χ1) is 11.1. The molecule has 1 aromatic heterocycles. The van der Waals surface area contributed by atoms with Crippen LogP contribution in [-0.2, 0) is 7.05 Å². The number of hydrogen-bond donors (Lipinski definition) is 0. The standard InChI is InChI=1S/C18H16FN3O/c1-13-17(20-12-14-7-6-8-15(19)11-14)18(23)21(2)22(13)16-9-4-3-5-10-16/h3-12H,1-2H3. The molecule has 0 saturated heterocycles. The summed E-state index contributed by atoms with van der Waals surface area (Å²) in [6.07, 6.45) is 1.50. The van der Waals surface area contributed by atoms with Gasteiger partial charge in [0.2, 0.25) is 0 Å². The second-order valence-electron chi connectivity index (χ2n) is 5.22. The van der Waals surface area contributed by atoms with Crippen molar-refractivity contribution in [3.05, 3.63) is 82.0 Å². The molecule has 0 fully saturated rings. The lowest BCUT2D eigenvalue weighted by atomic mass is 10.2. The summed E-state index contributed by atoms with van der Waals surface area (Å²) in [5.41, 5.74) is 2.38. The van der Waals surface area contributed by atoms with Gasteiger partial charge in [-0.05, 0) is 36.8 Å². The highest BCUT2D eigenvalue weighted by molar-refractivity contribution is 5.82. The molecule has 0 radical (unpaired) electrons. The van der Waals surface area contributed by atoms with Crippen LogP contribution in [0, 0.1) is 12.7 Å². The van der Waals surface area contributed by atoms with Crippen molar-refractivity contribution in [3.63, 3.8) is 0 Å². The van der Waals surface area contributed by atoms with Crippen LogP contribution in [0.4, 0.5) is 10.1 Å². The van der Waals surface area contributed by atoms with Gasteiger partial charge < -0.3 is 0 Å². The quantitative estimate of drug-likeness (QED) is 0.684. The van der Waals surface area contributed by atoms with Gasteiger partial charge in [-0.3, -0.25) is 9.48 Å². The Labute approximate surface area is 133 Å². The zero-order valence-corrected chi connectivity index (χ0v) is 12.9. The van der Waals surface area contributed by atoms with Crippen LogP contribution in [0.1, 0.15) is 11.3 Å². The van der Waals surface area contributed by atoms with Crippen molar-refractivity contribution >= 4 is 11.9 Å². The van der Waals surface area contributed by atoms with E-state index in [9.17, 15) is 9.18 Å². The van der Waals surface area contributed by atoms with Gasteiger partial charge in [0.1, 0.15) is 5.82 Å². The normalized spacial score (nSPS) is 11.3. The lowest BCUT2D eigenvalue weighted by Crippen LogP contribution is -2.18. The smallest absolute Gasteiger partial charge is 0.265 e. The predicted octanol–water partition coefficient (Wildman–Crippen LogP) is 3.37. The molecule has 3 aromatic rings. The zero-order valence-electron chi connectivity index (χ0n) is 12.9. The minimum Gasteiger partial charge on any atom is -0.265 e. The summed E-state index contributed by atoms with van der Waals surface area (Å²) in [6, 6.07) is 15.7. The Hall–Kier alpha value is -2.95. The maximum atomic E-state index is 13.2. The maximum Gasteiger partial charge on any atom is 0.292 e. The minimum atomic E-state index is -0.333. The predicted molar refractivity (Wildman–Crippen MR) is 89.4 cm³/mol. The van der Waals surface area contributed by atoms with E-state index in [4.69, 9.17) is 0 Å². The molecule has 4 nitrogen and oxygen atoms in total. The van der Waals surface area contributed by atoms with Crippen molar-refractivity contribution in [1.82, 2.24) is 9.36 Å². The van der Waals surface area contributed by atoms with E-state index >= 15 is 0 Å². The molecule has 0 aliphatic rings. The summed E-state index contributed by atoms with van der Waals surface area (Å²) in [5.74, 6) is -0.333. The summed E-state index contributed by atoms with van der Waals surface area (Å²) in [7, 11) is 1.70. The van der Waals surface area contributed by atoms with Gasteiger partial charge in [-0.1, -0.05) is 30.3 Å². The largest absolute Gasteiger partial charge is 0.292 e. The van der Waals surface area contributed by atoms with Crippen LogP contribution in [0.5, 0.6) is 0 Å². The molecule has 23 heavy (non-hydrogen) atoms. The average Bonchev–Trinajstić information content (AvgIpc) is 2.76. The van der Waals surface area contributed by atoms with Gasteiger partial charge in [-0.15, -0.1) is 0 Å². The van der Waals surface area contributed by atoms with Crippen LogP contribution >= 0.6 is 0 Å². The van der Waals surface area contributed by atoms with Crippen LogP contribution in [0.2, 0.25) is 0 Å². The van der Waals surface area contributed by atoms with Gasteiger partial charge in [0.15, 0.2) is 5.69 Å². The summed E-state index contributed by atoms with van der Waals surface area (Å²) < 4.78 is 16.5. The molecule has 2 aromatic carbocycles. The highest BCUT2D eigenvalue weighted by atomic mass is 19.1. The second-order valence-corrected chi connectivity index (χ2v) is 5.22. The molecule has 0 saturated carbocycles. The number of rotatable bonds is 3. The molecule has 0 atom stereocenters. The minimum absolute atomic E-state index is 0.195. The Morgan fingerprint density at radius 3 is 2.52 bits per heavy atom. The lowest BCUT2D eigenvalue weighted by molar-refractivity contribution is 0.627. The number of benzene rings is 2. The van der Waals surface area contributed by atoms with Crippen molar-refractivity contribution in [1.29, 1.82) is 0 Å². The fourth-order valence-corrected chi connectivity index (χ4v) is 2.53. The fourth-order valence-electron chi connectivity index (χ4n) is 2.53. The number of aliphatic imine (C=N–C) groups is 1. The van der Waals surface area contributed by atoms with Gasteiger partial charge in [-0.25, -0.2) is 14.1 Å². The van der Waals surface area contributed by atoms with E-state index in [-0.39, 0.29) is 11.4 Å². The summed E-state index contributed by atoms with van der Waals surface area (Å²) in [5, 5.41) is 0. The monoisotopic (exact) mass is 309 g/mol. The van der Waals surface area contributed by atoms with E-state index < -0.39 is 0 Å². The molecule has 0 unspecified atom stereocenters. The molecular formula is C18H16FN3O. The molecule has 0 aliphatic carbocycles. The summed E-state index contributed by atoms with van der Waals surface area (Å²) in [6.45, 7) is 1.84. The topological polar surface area (TPSA) is 39.3 Å². The third-order valence-corrected chi connectivity index (χ3v) is 3.65. The second kappa shape index (κ2) is 6.04. The van der Waals surface area contributed by atoms with E-state index in [1.54, 1.807) is 23.9 Å². The van der Waals surface area contributed by atoms with Gasteiger partial charge in [0, 0.05) is 13.3 Å². The first-order valence-corrected chi connectivity index (χ1v) is 7.21. The van der Waals surface area contributed by atoms with Gasteiger partial charge in [0.05, 0.1) is 11.4 Å². The van der Waals surface area contributed by atoms with Crippen LogP contribution in [-0.4, -0.2) is 15.6 Å². The van der Waals surface area contributed by atoms with E-state index in [1.807, 2.05) is 37.3 Å². The fraction of sp³-hybridized carbons (Fsp3) is 0.111. The van der Waals surface area contributed by atoms with Gasteiger partial charge in [0.25, 0.3) is 5.56 Å². The first-order valence-electron chi connectivity index (χ1n) is 7.21. The number of halogens is 1. The van der Waals surface area contributed by atoms with Crippen LogP contribution in [0.25, 0.3) is 5.69 Å². The highest BCUT2D eigenvalue weighted by Gasteiger charge is 2.14. The Morgan fingerprint density at radius 2 is 1.83 bits per heavy atom. The van der Waals surface area contributed by atoms with Crippen molar-refractivity contribution in [3.8, 4) is 5.69 Å². The maximum absolute atomic E-state index is 13.2. The number of aromatic nitrogens is 2. The Kier molecular flexibility index (Phi) is 3.93. The van der Waals surface area contributed by atoms with Crippen LogP contribution in [0.15, 0.2) is 64.4 Å². The van der Waals surface area contributed by atoms with Gasteiger partial charge in [-0.2, -0.15) is 0 Å². The van der Waals surface area contributed by atoms with Crippen molar-refractivity contribution < 1.29 is 4.39 Å². The van der Waals surface area contributed by atoms with Crippen LogP contribution in [0.3, 0.4) is 0 Å². The molecular weight excluding hydrogens is 293 g/mol. The number of nitrogens with zero attached hydrogens (tertiary/aromatic N) is 3. The molecule has 5 heteroatoms. The van der Waals surface area contributed by atoms with Crippen molar-refractivity contribution in [2.24, 2.45) is 12.0 Å². The Bertz CT molecular complexity index is 923. The van der Waals surface area contributed by atoms with E-state index in [0.29, 0.717) is 11.3 Å². The molecule has 0 amide bonds. The summed E-state index contributed by atoms with van der Waals surface area (Å²) >= 11 is 0. The Balaban J connectivity index is 2.06. The molecule has 0 bridgehead atoms. The van der Waals surface area contributed by atoms with Gasteiger partial charge >= 0.3 is 0 Å². The molecule has 1 heterocycles. The molecule has 3 rings (SSSR count). The Morgan fingerprint density at radius 1 is 1.09 bits per heavy atom. The number of hydrogen-bond acceptors (Lipinski definition) is 2. The number of para-hydroxylation sites is 1. The molecule has 0 N–H and O–H groups in total. The molecule has 0 aliphatic heterocycles. The first kappa shape index (κ1) is 15.0. The molecule has 116 valence electrons. The van der Waals surface area contributed by atoms with Crippen LogP contribution < -0.4 is 5.56 Å².